The number of rotatable bonds is 7. The SMILES string of the molecule is COc1ccc(C(O)CNC(=O)C(C)Cc2ccccc2F)cc1. The molecule has 0 radical (unpaired) electrons. The smallest absolute Gasteiger partial charge is 0.223 e. The van der Waals surface area contributed by atoms with E-state index in [1.54, 1.807) is 56.5 Å². The van der Waals surface area contributed by atoms with Gasteiger partial charge in [-0.3, -0.25) is 4.79 Å². The highest BCUT2D eigenvalue weighted by molar-refractivity contribution is 5.78. The fourth-order valence-electron chi connectivity index (χ4n) is 2.40. The van der Waals surface area contributed by atoms with Gasteiger partial charge in [-0.15, -0.1) is 0 Å². The van der Waals surface area contributed by atoms with Crippen molar-refractivity contribution in [2.75, 3.05) is 13.7 Å². The highest BCUT2D eigenvalue weighted by Crippen LogP contribution is 2.17. The molecule has 0 fully saturated rings. The summed E-state index contributed by atoms with van der Waals surface area (Å²) >= 11 is 0. The topological polar surface area (TPSA) is 58.6 Å². The zero-order valence-corrected chi connectivity index (χ0v) is 13.8. The largest absolute Gasteiger partial charge is 0.497 e. The summed E-state index contributed by atoms with van der Waals surface area (Å²) in [6.07, 6.45) is -0.488. The summed E-state index contributed by atoms with van der Waals surface area (Å²) in [6, 6.07) is 13.4. The van der Waals surface area contributed by atoms with Gasteiger partial charge in [0.25, 0.3) is 0 Å². The Bertz CT molecular complexity index is 673. The van der Waals surface area contributed by atoms with Gasteiger partial charge in [-0.25, -0.2) is 4.39 Å². The van der Waals surface area contributed by atoms with Crippen LogP contribution in [0.5, 0.6) is 5.75 Å². The first-order valence-electron chi connectivity index (χ1n) is 7.84. The molecule has 0 spiro atoms. The van der Waals surface area contributed by atoms with Crippen molar-refractivity contribution in [1.82, 2.24) is 5.32 Å². The zero-order valence-electron chi connectivity index (χ0n) is 13.8. The highest BCUT2D eigenvalue weighted by Gasteiger charge is 2.17. The van der Waals surface area contributed by atoms with Crippen LogP contribution in [-0.2, 0) is 11.2 Å². The number of methoxy groups -OCH3 is 1. The van der Waals surface area contributed by atoms with Crippen LogP contribution in [0.15, 0.2) is 48.5 Å². The molecule has 2 aromatic rings. The van der Waals surface area contributed by atoms with Crippen LogP contribution in [0, 0.1) is 11.7 Å². The molecule has 0 aliphatic rings. The summed E-state index contributed by atoms with van der Waals surface area (Å²) < 4.78 is 18.7. The van der Waals surface area contributed by atoms with E-state index in [0.29, 0.717) is 23.3 Å². The van der Waals surface area contributed by atoms with Gasteiger partial charge in [0.2, 0.25) is 5.91 Å². The number of amides is 1. The third-order valence-electron chi connectivity index (χ3n) is 3.90. The molecule has 2 N–H and O–H groups in total. The molecule has 4 nitrogen and oxygen atoms in total. The molecule has 1 amide bonds. The predicted molar refractivity (Wildman–Crippen MR) is 90.2 cm³/mol. The molecule has 5 heteroatoms. The van der Waals surface area contributed by atoms with E-state index in [1.807, 2.05) is 0 Å². The fourth-order valence-corrected chi connectivity index (χ4v) is 2.40. The summed E-state index contributed by atoms with van der Waals surface area (Å²) in [5.74, 6) is -0.209. The van der Waals surface area contributed by atoms with Gasteiger partial charge < -0.3 is 15.2 Å². The lowest BCUT2D eigenvalue weighted by molar-refractivity contribution is -0.124. The van der Waals surface area contributed by atoms with Crippen LogP contribution in [0.1, 0.15) is 24.2 Å². The summed E-state index contributed by atoms with van der Waals surface area (Å²) in [7, 11) is 1.57. The zero-order chi connectivity index (χ0) is 17.5. The number of aliphatic hydroxyl groups excluding tert-OH is 1. The third-order valence-corrected chi connectivity index (χ3v) is 3.90. The summed E-state index contributed by atoms with van der Waals surface area (Å²) in [4.78, 5) is 12.1. The van der Waals surface area contributed by atoms with Crippen molar-refractivity contribution in [2.45, 2.75) is 19.4 Å². The number of hydrogen-bond acceptors (Lipinski definition) is 3. The van der Waals surface area contributed by atoms with E-state index in [1.165, 1.54) is 6.07 Å². The Kier molecular flexibility index (Phi) is 6.32. The van der Waals surface area contributed by atoms with Gasteiger partial charge in [0, 0.05) is 12.5 Å². The normalized spacial score (nSPS) is 13.2. The van der Waals surface area contributed by atoms with Crippen molar-refractivity contribution in [3.63, 3.8) is 0 Å². The number of carbonyl (C=O) groups is 1. The molecule has 0 bridgehead atoms. The minimum absolute atomic E-state index is 0.104. The van der Waals surface area contributed by atoms with Gasteiger partial charge in [-0.1, -0.05) is 37.3 Å². The summed E-state index contributed by atoms with van der Waals surface area (Å²) in [5.41, 5.74) is 1.20. The van der Waals surface area contributed by atoms with Crippen molar-refractivity contribution < 1.29 is 19.0 Å². The Hall–Kier alpha value is -2.40. The maximum atomic E-state index is 13.6. The van der Waals surface area contributed by atoms with E-state index in [9.17, 15) is 14.3 Å². The van der Waals surface area contributed by atoms with Crippen molar-refractivity contribution in [1.29, 1.82) is 0 Å². The Morgan fingerprint density at radius 1 is 1.21 bits per heavy atom. The number of hydrogen-bond donors (Lipinski definition) is 2. The second kappa shape index (κ2) is 8.45. The van der Waals surface area contributed by atoms with Gasteiger partial charge in [0.15, 0.2) is 0 Å². The van der Waals surface area contributed by atoms with Crippen LogP contribution in [0.2, 0.25) is 0 Å². The second-order valence-corrected chi connectivity index (χ2v) is 5.73. The first-order valence-corrected chi connectivity index (χ1v) is 7.84. The quantitative estimate of drug-likeness (QED) is 0.820. The number of ether oxygens (including phenoxy) is 1. The molecule has 2 rings (SSSR count). The van der Waals surface area contributed by atoms with E-state index >= 15 is 0 Å². The van der Waals surface area contributed by atoms with Crippen LogP contribution >= 0.6 is 0 Å². The Morgan fingerprint density at radius 3 is 2.50 bits per heavy atom. The van der Waals surface area contributed by atoms with Gasteiger partial charge >= 0.3 is 0 Å². The molecule has 2 unspecified atom stereocenters. The molecular formula is C19H22FNO3. The lowest BCUT2D eigenvalue weighted by Gasteiger charge is -2.16. The Balaban J connectivity index is 1.86. The number of nitrogens with one attached hydrogen (secondary N) is 1. The van der Waals surface area contributed by atoms with Gasteiger partial charge in [-0.05, 0) is 35.7 Å². The Labute approximate surface area is 141 Å². The third kappa shape index (κ3) is 4.80. The van der Waals surface area contributed by atoms with Crippen LogP contribution < -0.4 is 10.1 Å². The molecule has 2 aromatic carbocycles. The van der Waals surface area contributed by atoms with Crippen molar-refractivity contribution >= 4 is 5.91 Å². The number of carbonyl (C=O) groups excluding carboxylic acids is 1. The van der Waals surface area contributed by atoms with E-state index in [2.05, 4.69) is 5.32 Å². The molecule has 0 heterocycles. The van der Waals surface area contributed by atoms with Gasteiger partial charge in [0.1, 0.15) is 11.6 Å². The summed E-state index contributed by atoms with van der Waals surface area (Å²) in [6.45, 7) is 1.84. The average molecular weight is 331 g/mol. The maximum Gasteiger partial charge on any atom is 0.223 e. The second-order valence-electron chi connectivity index (χ2n) is 5.73. The van der Waals surface area contributed by atoms with Crippen LogP contribution in [0.3, 0.4) is 0 Å². The van der Waals surface area contributed by atoms with Gasteiger partial charge in [-0.2, -0.15) is 0 Å². The average Bonchev–Trinajstić information content (AvgIpc) is 2.61. The highest BCUT2D eigenvalue weighted by atomic mass is 19.1. The number of halogens is 1. The molecular weight excluding hydrogens is 309 g/mol. The molecule has 0 aromatic heterocycles. The van der Waals surface area contributed by atoms with E-state index in [0.717, 1.165) is 0 Å². The lowest BCUT2D eigenvalue weighted by Crippen LogP contribution is -2.33. The predicted octanol–water partition coefficient (Wildman–Crippen LogP) is 2.86. The van der Waals surface area contributed by atoms with E-state index in [4.69, 9.17) is 4.74 Å². The van der Waals surface area contributed by atoms with Crippen molar-refractivity contribution in [3.05, 3.63) is 65.5 Å². The molecule has 0 aliphatic carbocycles. The first-order chi connectivity index (χ1) is 11.5. The number of benzene rings is 2. The van der Waals surface area contributed by atoms with Gasteiger partial charge in [0.05, 0.1) is 13.2 Å². The first kappa shape index (κ1) is 17.9. The Morgan fingerprint density at radius 2 is 1.88 bits per heavy atom. The van der Waals surface area contributed by atoms with E-state index in [-0.39, 0.29) is 24.2 Å². The minimum atomic E-state index is -0.805. The molecule has 0 aliphatic heterocycles. The molecule has 2 atom stereocenters. The van der Waals surface area contributed by atoms with Crippen LogP contribution in [-0.4, -0.2) is 24.7 Å². The van der Waals surface area contributed by atoms with Crippen molar-refractivity contribution in [2.24, 2.45) is 5.92 Å². The fraction of sp³-hybridized carbons (Fsp3) is 0.316. The van der Waals surface area contributed by atoms with Crippen molar-refractivity contribution in [3.8, 4) is 5.75 Å². The lowest BCUT2D eigenvalue weighted by atomic mass is 10.00. The summed E-state index contributed by atoms with van der Waals surface area (Å²) in [5, 5.41) is 12.8. The molecule has 24 heavy (non-hydrogen) atoms. The number of aliphatic hydroxyl groups is 1. The molecule has 128 valence electrons. The maximum absolute atomic E-state index is 13.6. The monoisotopic (exact) mass is 331 g/mol. The standard InChI is InChI=1S/C19H22FNO3/c1-13(11-15-5-3-4-6-17(15)20)19(23)21-12-18(22)14-7-9-16(24-2)10-8-14/h3-10,13,18,22H,11-12H2,1-2H3,(H,21,23). The minimum Gasteiger partial charge on any atom is -0.497 e. The van der Waals surface area contributed by atoms with Crippen LogP contribution in [0.4, 0.5) is 4.39 Å². The molecule has 0 saturated carbocycles. The molecule has 0 saturated heterocycles. The van der Waals surface area contributed by atoms with E-state index < -0.39 is 6.10 Å². The van der Waals surface area contributed by atoms with Crippen LogP contribution in [0.25, 0.3) is 0 Å².